The van der Waals surface area contributed by atoms with Crippen molar-refractivity contribution in [3.05, 3.63) is 296 Å². The van der Waals surface area contributed by atoms with E-state index in [1.807, 2.05) is 118 Å². The van der Waals surface area contributed by atoms with Crippen molar-refractivity contribution in [1.29, 1.82) is 0 Å². The van der Waals surface area contributed by atoms with Crippen molar-refractivity contribution in [2.24, 2.45) is 21.1 Å². The molecule has 144 heavy (non-hydrogen) atoms. The van der Waals surface area contributed by atoms with E-state index >= 15 is 0 Å². The number of aliphatic hydroxyl groups excluding tert-OH is 1. The van der Waals surface area contributed by atoms with Crippen molar-refractivity contribution >= 4 is 209 Å². The van der Waals surface area contributed by atoms with Crippen LogP contribution in [0, 0.1) is 23.5 Å². The monoisotopic (exact) mass is 2440 g/mol. The number of aryl methyl sites for hydroxylation is 3. The van der Waals surface area contributed by atoms with Gasteiger partial charge in [0.25, 0.3) is 5.56 Å². The van der Waals surface area contributed by atoms with E-state index in [0.717, 1.165) is 5.02 Å². The molecule has 2 aliphatic heterocycles. The van der Waals surface area contributed by atoms with Crippen molar-refractivity contribution in [3.63, 3.8) is 0 Å². The standard InChI is InChI=1S/2C24H40BNO6S.C18H28BrNO4S.C13H9BrClFO.C13H7BrClFO.C7H4BrFO.C6H4Cl.BrH.Mg/c2*1-21(2,3)30-20(28)12-16(15-33(29)22(4,5)6)17-13-19(27)26(11)14-18(17)25-31-23(7,8)24(9,10)32-25;1-17(2,3)24-16(22)8-12(11-25(23)18(4,5)6)13-9-15(21)20(7)10-14(13)19;2*14-12-6-5-10(16)7-11(12)13(17)8-1-3-9(15)4-2-8;8-7-2-1-6(9)3-5(7)4-10;7-6-4-2-1-3-5-6;;/h2*13-14,16H,12,15H2,1-11H3;9-10,12H,8,11H2,1-7H3;1-7,13,17H;1-7H;1-4H;2-5H;1H;/q;;;;;;-1;;+2/p-1/t2*16-,33-;12-,25-;;;;;;/m111....../s1. The Morgan fingerprint density at radius 1 is 0.438 bits per heavy atom. The van der Waals surface area contributed by atoms with Crippen molar-refractivity contribution in [2.75, 3.05) is 17.3 Å². The number of rotatable bonds is 22. The number of aromatic nitrogens is 3. The Labute approximate surface area is 929 Å². The minimum Gasteiger partial charge on any atom is -1.00 e. The van der Waals surface area contributed by atoms with Gasteiger partial charge in [-0.1, -0.05) is 88.1 Å². The number of nitrogens with zero attached hydrogens (tertiary/aromatic N) is 3. The molecule has 1 N–H and O–H groups in total. The fraction of sp³-hybridized carbons (Fsp3) is 0.467. The number of esters is 3. The molecule has 0 aliphatic carbocycles. The van der Waals surface area contributed by atoms with Gasteiger partial charge in [-0.05, 0) is 309 Å². The van der Waals surface area contributed by atoms with Gasteiger partial charge in [0.05, 0.1) is 41.7 Å². The minimum atomic E-state index is -1.26. The van der Waals surface area contributed by atoms with Gasteiger partial charge in [-0.25, -0.2) is 13.2 Å². The molecule has 2 fully saturated rings. The molecule has 5 heterocycles. The third-order valence-corrected chi connectivity index (χ3v) is 32.0. The fourth-order valence-electron chi connectivity index (χ4n) is 13.1. The zero-order valence-electron chi connectivity index (χ0n) is 87.1. The molecule has 3 aromatic heterocycles. The maximum Gasteiger partial charge on any atom is 2.00 e. The number of halogens is 11. The van der Waals surface area contributed by atoms with E-state index in [-0.39, 0.29) is 117 Å². The number of ether oxygens (including phenoxy) is 3. The first-order valence-corrected chi connectivity index (χ1v) is 53.7. The summed E-state index contributed by atoms with van der Waals surface area (Å²) in [4.78, 5) is 97.5. The van der Waals surface area contributed by atoms with Crippen LogP contribution in [0.15, 0.2) is 196 Å². The third-order valence-electron chi connectivity index (χ3n) is 22.2. The summed E-state index contributed by atoms with van der Waals surface area (Å²) < 4.78 is 125. The number of pyridine rings is 3. The number of aliphatic hydroxyl groups is 1. The maximum absolute atomic E-state index is 13.1. The summed E-state index contributed by atoms with van der Waals surface area (Å²) >= 11 is 30.1. The van der Waals surface area contributed by atoms with Crippen LogP contribution in [0.2, 0.25) is 15.1 Å². The van der Waals surface area contributed by atoms with Crippen LogP contribution in [0.4, 0.5) is 13.2 Å². The van der Waals surface area contributed by atoms with Gasteiger partial charge >= 0.3 is 55.2 Å². The topological polar surface area (TPSA) is 287 Å². The second-order valence-electron chi connectivity index (χ2n) is 41.9. The fourth-order valence-corrected chi connectivity index (χ4v) is 18.9. The molecule has 2 saturated heterocycles. The van der Waals surface area contributed by atoms with E-state index in [9.17, 15) is 69.3 Å². The summed E-state index contributed by atoms with van der Waals surface area (Å²) in [6.07, 6.45) is 4.86. The Bertz CT molecular complexity index is 5960. The Hall–Kier alpha value is -5.87. The van der Waals surface area contributed by atoms with Gasteiger partial charge in [0.2, 0.25) is 11.1 Å². The van der Waals surface area contributed by atoms with Crippen LogP contribution in [0.1, 0.15) is 277 Å². The predicted octanol–water partition coefficient (Wildman–Crippen LogP) is 19.6. The number of carbonyl (C=O) groups is 5. The summed E-state index contributed by atoms with van der Waals surface area (Å²) in [6.45, 7) is 49.0. The van der Waals surface area contributed by atoms with E-state index in [0.29, 0.717) is 89.7 Å². The molecule has 784 valence electrons. The van der Waals surface area contributed by atoms with E-state index in [1.165, 1.54) is 80.4 Å². The number of hydrogen-bond donors (Lipinski definition) is 1. The van der Waals surface area contributed by atoms with Crippen LogP contribution in [-0.2, 0) is 101 Å². The molecule has 2 aliphatic rings. The van der Waals surface area contributed by atoms with Crippen LogP contribution in [0.5, 0.6) is 0 Å². The van der Waals surface area contributed by atoms with E-state index < -0.39 is 142 Å². The molecule has 11 rings (SSSR count). The second-order valence-corrected chi connectivity index (χ2v) is 53.4. The Kier molecular flexibility index (Phi) is 51.4. The number of carbonyl (C=O) groups excluding carboxylic acids is 5. The van der Waals surface area contributed by atoms with Crippen LogP contribution < -0.4 is 44.6 Å². The number of hydrogen-bond acceptors (Lipinski definition) is 19. The quantitative estimate of drug-likeness (QED) is 0.0165. The zero-order chi connectivity index (χ0) is 108. The average Bonchev–Trinajstić information content (AvgIpc) is 1.62. The Morgan fingerprint density at radius 2 is 0.743 bits per heavy atom. The van der Waals surface area contributed by atoms with Gasteiger partial charge < -0.3 is 68.6 Å². The van der Waals surface area contributed by atoms with Crippen LogP contribution in [-0.4, -0.2) is 169 Å². The summed E-state index contributed by atoms with van der Waals surface area (Å²) in [7, 11) is -0.137. The van der Waals surface area contributed by atoms with Gasteiger partial charge in [0.15, 0.2) is 12.1 Å². The Morgan fingerprint density at radius 3 is 1.07 bits per heavy atom. The second kappa shape index (κ2) is 55.9. The minimum absolute atomic E-state index is 0. The van der Waals surface area contributed by atoms with Crippen LogP contribution in [0.25, 0.3) is 0 Å². The van der Waals surface area contributed by atoms with Crippen molar-refractivity contribution in [2.45, 2.75) is 277 Å². The first-order chi connectivity index (χ1) is 64.9. The van der Waals surface area contributed by atoms with Gasteiger partial charge in [-0.2, -0.15) is 30.3 Å². The predicted molar refractivity (Wildman–Crippen MR) is 586 cm³/mol. The van der Waals surface area contributed by atoms with E-state index in [1.54, 1.807) is 181 Å². The summed E-state index contributed by atoms with van der Waals surface area (Å²) in [5.74, 6) is -3.28. The van der Waals surface area contributed by atoms with Crippen molar-refractivity contribution in [3.8, 4) is 0 Å². The third kappa shape index (κ3) is 42.4. The van der Waals surface area contributed by atoms with Crippen molar-refractivity contribution < 1.29 is 105 Å². The van der Waals surface area contributed by atoms with Gasteiger partial charge in [-0.3, -0.25) is 51.0 Å². The zero-order valence-corrected chi connectivity index (χ0v) is 101. The summed E-state index contributed by atoms with van der Waals surface area (Å²) in [5.41, 5.74) is 0.718. The molecule has 9 aromatic rings. The molecule has 7 atom stereocenters. The first kappa shape index (κ1) is 132. The normalized spacial score (nSPS) is 15.5. The molecule has 0 radical (unpaired) electrons. The SMILES string of the molecule is Clc1cc[c-]cc1.Cn1cc(B2OC(C)(C)C(C)(C)O2)c([C@H](CC(=O)OC(C)(C)C)C[S@@](=O)C(C)(C)C)cc1=O.Cn1cc(B2OC(C)(C)C(C)(C)O2)c([C@H](CC(=O)OC(C)(C)C)C[S@@](=O)C(C)(C)C)cc1=O.Cn1cc(Br)c([C@H](CC(=O)OC(C)(C)C)C[S@@](=O)C(C)(C)C)cc1=O.O=C(c1ccc(Cl)cc1)c1cc(F)ccc1Br.O=Cc1cc(F)ccc1Br.OC(c1ccc(Cl)cc1)c1cc(F)ccc1Br.[Br-].[Mg+2]. The maximum atomic E-state index is 13.1. The molecule has 0 spiro atoms. The van der Waals surface area contributed by atoms with Gasteiger partial charge in [-0.15, -0.1) is 11.6 Å². The molecule has 39 heteroatoms. The first-order valence-electron chi connectivity index (χ1n) is 45.4. The molecule has 0 bridgehead atoms. The molecule has 6 aromatic carbocycles. The Balaban J connectivity index is 0.000000450. The molecule has 22 nitrogen and oxygen atoms in total. The molecular formula is C105H132B2Br5Cl3F3MgN3O19S3. The smallest absolute Gasteiger partial charge is 1.00 e. The molecule has 0 amide bonds. The largest absolute Gasteiger partial charge is 2.00 e. The number of ketones is 1. The van der Waals surface area contributed by atoms with E-state index in [2.05, 4.69) is 69.8 Å². The number of aldehydes is 1. The van der Waals surface area contributed by atoms with Gasteiger partial charge in [0.1, 0.15) is 40.4 Å². The van der Waals surface area contributed by atoms with Crippen molar-refractivity contribution in [1.82, 2.24) is 13.7 Å². The molecular weight excluding hydrogens is 2310 g/mol. The number of benzene rings is 6. The van der Waals surface area contributed by atoms with Crippen LogP contribution in [0.3, 0.4) is 0 Å². The van der Waals surface area contributed by atoms with E-state index in [4.69, 9.17) is 67.6 Å². The van der Waals surface area contributed by atoms with Gasteiger partial charge in [0, 0.05) is 201 Å². The molecule has 0 saturated carbocycles. The summed E-state index contributed by atoms with van der Waals surface area (Å²) in [6, 6.07) is 40.0. The molecule has 1 unspecified atom stereocenters. The summed E-state index contributed by atoms with van der Waals surface area (Å²) in [5, 5.41) is 12.1. The van der Waals surface area contributed by atoms with Crippen LogP contribution >= 0.6 is 98.5 Å². The average molecular weight is 2450 g/mol.